The summed E-state index contributed by atoms with van der Waals surface area (Å²) in [6.07, 6.45) is 5.63. The minimum absolute atomic E-state index is 1.03. The number of pyridine rings is 2. The Balaban J connectivity index is 0.000000693. The summed E-state index contributed by atoms with van der Waals surface area (Å²) in [6, 6.07) is 12.6. The summed E-state index contributed by atoms with van der Waals surface area (Å²) in [7, 11) is 0. The monoisotopic (exact) mass is 289 g/mol. The Hall–Kier alpha value is -2.68. The van der Waals surface area contributed by atoms with Crippen molar-refractivity contribution >= 4 is 21.8 Å². The van der Waals surface area contributed by atoms with E-state index in [1.54, 1.807) is 0 Å². The van der Waals surface area contributed by atoms with Crippen LogP contribution in [0, 0.1) is 6.92 Å². The smallest absolute Gasteiger partial charge is 0.0495 e. The van der Waals surface area contributed by atoms with Crippen molar-refractivity contribution in [1.29, 1.82) is 0 Å². The van der Waals surface area contributed by atoms with Gasteiger partial charge in [0.2, 0.25) is 0 Å². The van der Waals surface area contributed by atoms with E-state index in [2.05, 4.69) is 39.2 Å². The topological polar surface area (TPSA) is 41.6 Å². The summed E-state index contributed by atoms with van der Waals surface area (Å²) in [5, 5.41) is 2.37. The second-order valence-corrected chi connectivity index (χ2v) is 4.99. The van der Waals surface area contributed by atoms with Crippen LogP contribution in [0.3, 0.4) is 0 Å². The maximum Gasteiger partial charge on any atom is 0.0495 e. The molecule has 0 spiro atoms. The Morgan fingerprint density at radius 1 is 0.818 bits per heavy atom. The number of nitrogens with zero attached hydrogens (tertiary/aromatic N) is 2. The van der Waals surface area contributed by atoms with Crippen molar-refractivity contribution in [3.8, 4) is 11.1 Å². The van der Waals surface area contributed by atoms with Crippen molar-refractivity contribution in [3.63, 3.8) is 0 Å². The van der Waals surface area contributed by atoms with Gasteiger partial charge in [-0.3, -0.25) is 9.97 Å². The molecule has 0 saturated heterocycles. The molecular weight excluding hydrogens is 270 g/mol. The Morgan fingerprint density at radius 3 is 2.41 bits per heavy atom. The van der Waals surface area contributed by atoms with Gasteiger partial charge < -0.3 is 4.98 Å². The molecule has 3 heteroatoms. The third-order valence-corrected chi connectivity index (χ3v) is 3.64. The quantitative estimate of drug-likeness (QED) is 0.529. The number of hydrogen-bond donors (Lipinski definition) is 1. The van der Waals surface area contributed by atoms with Crippen molar-refractivity contribution < 1.29 is 0 Å². The van der Waals surface area contributed by atoms with Gasteiger partial charge in [-0.05, 0) is 30.7 Å². The van der Waals surface area contributed by atoms with Crippen LogP contribution in [-0.2, 0) is 0 Å². The van der Waals surface area contributed by atoms with Gasteiger partial charge in [0.15, 0.2) is 0 Å². The Kier molecular flexibility index (Phi) is 3.88. The van der Waals surface area contributed by atoms with E-state index in [0.717, 1.165) is 27.7 Å². The number of nitrogens with one attached hydrogen (secondary N) is 1. The fourth-order valence-corrected chi connectivity index (χ4v) is 2.56. The first kappa shape index (κ1) is 14.3. The van der Waals surface area contributed by atoms with E-state index in [0.29, 0.717) is 0 Å². The number of benzene rings is 1. The molecule has 0 atom stereocenters. The van der Waals surface area contributed by atoms with Gasteiger partial charge in [-0.15, -0.1) is 0 Å². The predicted molar refractivity (Wildman–Crippen MR) is 92.9 cm³/mol. The molecule has 0 radical (unpaired) electrons. The van der Waals surface area contributed by atoms with E-state index in [4.69, 9.17) is 0 Å². The number of fused-ring (bicyclic) bond motifs is 3. The fourth-order valence-electron chi connectivity index (χ4n) is 2.56. The average molecular weight is 289 g/mol. The van der Waals surface area contributed by atoms with Crippen LogP contribution in [0.4, 0.5) is 0 Å². The number of aromatic amines is 1. The first-order chi connectivity index (χ1) is 10.8. The summed E-state index contributed by atoms with van der Waals surface area (Å²) < 4.78 is 0. The SMILES string of the molecule is CC.Cc1ccc(-c2ccc3c(c2)[nH]c2ccncc23)cn1. The van der Waals surface area contributed by atoms with Gasteiger partial charge >= 0.3 is 0 Å². The van der Waals surface area contributed by atoms with Crippen LogP contribution >= 0.6 is 0 Å². The molecule has 22 heavy (non-hydrogen) atoms. The molecule has 1 aromatic carbocycles. The van der Waals surface area contributed by atoms with Crippen LogP contribution in [0.2, 0.25) is 0 Å². The minimum Gasteiger partial charge on any atom is -0.354 e. The first-order valence-electron chi connectivity index (χ1n) is 7.60. The lowest BCUT2D eigenvalue weighted by Crippen LogP contribution is -1.82. The molecule has 0 aliphatic rings. The molecule has 110 valence electrons. The van der Waals surface area contributed by atoms with Gasteiger partial charge in [0.25, 0.3) is 0 Å². The average Bonchev–Trinajstić information content (AvgIpc) is 2.95. The van der Waals surface area contributed by atoms with E-state index in [-0.39, 0.29) is 0 Å². The molecule has 0 saturated carbocycles. The second kappa shape index (κ2) is 5.98. The molecule has 0 fully saturated rings. The number of rotatable bonds is 1. The highest BCUT2D eigenvalue weighted by molar-refractivity contribution is 6.07. The van der Waals surface area contributed by atoms with Crippen LogP contribution in [0.25, 0.3) is 32.9 Å². The van der Waals surface area contributed by atoms with Crippen LogP contribution in [0.1, 0.15) is 19.5 Å². The van der Waals surface area contributed by atoms with E-state index in [9.17, 15) is 0 Å². The number of aromatic nitrogens is 3. The van der Waals surface area contributed by atoms with Crippen molar-refractivity contribution in [2.45, 2.75) is 20.8 Å². The van der Waals surface area contributed by atoms with E-state index >= 15 is 0 Å². The molecule has 3 aromatic heterocycles. The number of H-pyrrole nitrogens is 1. The first-order valence-corrected chi connectivity index (χ1v) is 7.60. The summed E-state index contributed by atoms with van der Waals surface area (Å²) in [4.78, 5) is 12.0. The van der Waals surface area contributed by atoms with E-state index in [1.165, 1.54) is 10.9 Å². The summed E-state index contributed by atoms with van der Waals surface area (Å²) >= 11 is 0. The van der Waals surface area contributed by atoms with Gasteiger partial charge in [-0.2, -0.15) is 0 Å². The molecule has 0 unspecified atom stereocenters. The van der Waals surface area contributed by atoms with Crippen molar-refractivity contribution in [3.05, 3.63) is 60.7 Å². The van der Waals surface area contributed by atoms with Gasteiger partial charge in [0.1, 0.15) is 0 Å². The lowest BCUT2D eigenvalue weighted by atomic mass is 10.1. The fraction of sp³-hybridized carbons (Fsp3) is 0.158. The Labute approximate surface area is 130 Å². The molecule has 1 N–H and O–H groups in total. The highest BCUT2D eigenvalue weighted by atomic mass is 14.7. The van der Waals surface area contributed by atoms with Crippen LogP contribution in [0.5, 0.6) is 0 Å². The van der Waals surface area contributed by atoms with E-state index < -0.39 is 0 Å². The van der Waals surface area contributed by atoms with Crippen molar-refractivity contribution in [2.75, 3.05) is 0 Å². The van der Waals surface area contributed by atoms with Crippen LogP contribution < -0.4 is 0 Å². The number of hydrogen-bond acceptors (Lipinski definition) is 2. The van der Waals surface area contributed by atoms with Crippen molar-refractivity contribution in [2.24, 2.45) is 0 Å². The molecule has 3 nitrogen and oxygen atoms in total. The molecule has 0 amide bonds. The molecule has 0 aliphatic carbocycles. The molecule has 0 aliphatic heterocycles. The predicted octanol–water partition coefficient (Wildman–Crippen LogP) is 5.11. The minimum atomic E-state index is 1.03. The largest absolute Gasteiger partial charge is 0.354 e. The zero-order valence-corrected chi connectivity index (χ0v) is 13.1. The summed E-state index contributed by atoms with van der Waals surface area (Å²) in [5.74, 6) is 0. The standard InChI is InChI=1S/C17H13N3.C2H6/c1-11-2-3-13(9-19-11)12-4-5-14-15-10-18-7-6-16(15)20-17(14)8-12;1-2/h2-10,20H,1H3;1-2H3. The molecule has 4 rings (SSSR count). The van der Waals surface area contributed by atoms with E-state index in [1.807, 2.05) is 51.5 Å². The highest BCUT2D eigenvalue weighted by Gasteiger charge is 2.06. The Morgan fingerprint density at radius 2 is 1.64 bits per heavy atom. The third kappa shape index (κ3) is 2.46. The maximum atomic E-state index is 4.36. The summed E-state index contributed by atoms with van der Waals surface area (Å²) in [5.41, 5.74) is 5.59. The molecule has 3 heterocycles. The lowest BCUT2D eigenvalue weighted by molar-refractivity contribution is 1.20. The third-order valence-electron chi connectivity index (χ3n) is 3.64. The zero-order valence-electron chi connectivity index (χ0n) is 13.1. The molecular formula is C19H19N3. The molecule has 0 bridgehead atoms. The zero-order chi connectivity index (χ0) is 15.5. The van der Waals surface area contributed by atoms with Gasteiger partial charge in [0.05, 0.1) is 0 Å². The van der Waals surface area contributed by atoms with Gasteiger partial charge in [-0.1, -0.05) is 32.0 Å². The number of aryl methyl sites for hydroxylation is 1. The second-order valence-electron chi connectivity index (χ2n) is 4.99. The normalized spacial score (nSPS) is 10.5. The summed E-state index contributed by atoms with van der Waals surface area (Å²) in [6.45, 7) is 6.00. The van der Waals surface area contributed by atoms with Crippen LogP contribution in [0.15, 0.2) is 55.0 Å². The molecule has 4 aromatic rings. The highest BCUT2D eigenvalue weighted by Crippen LogP contribution is 2.28. The maximum absolute atomic E-state index is 4.36. The Bertz CT molecular complexity index is 905. The lowest BCUT2D eigenvalue weighted by Gasteiger charge is -2.02. The van der Waals surface area contributed by atoms with Crippen molar-refractivity contribution in [1.82, 2.24) is 15.0 Å². The van der Waals surface area contributed by atoms with Crippen LogP contribution in [-0.4, -0.2) is 15.0 Å². The van der Waals surface area contributed by atoms with Gasteiger partial charge in [-0.25, -0.2) is 0 Å². The van der Waals surface area contributed by atoms with Gasteiger partial charge in [0, 0.05) is 51.7 Å².